The minimum Gasteiger partial charge on any atom is -0.378 e. The van der Waals surface area contributed by atoms with Crippen LogP contribution in [0.25, 0.3) is 0 Å². The summed E-state index contributed by atoms with van der Waals surface area (Å²) in [5.41, 5.74) is 1.63. The van der Waals surface area contributed by atoms with Crippen LogP contribution in [0.3, 0.4) is 0 Å². The van der Waals surface area contributed by atoms with Crippen molar-refractivity contribution in [2.24, 2.45) is 5.92 Å². The van der Waals surface area contributed by atoms with E-state index in [1.807, 2.05) is 23.2 Å². The van der Waals surface area contributed by atoms with Gasteiger partial charge in [-0.2, -0.15) is 0 Å². The average Bonchev–Trinajstić information content (AvgIpc) is 2.55. The fraction of sp³-hybridized carbons (Fsp3) is 0.625. The second-order valence-corrected chi connectivity index (χ2v) is 6.00. The van der Waals surface area contributed by atoms with E-state index >= 15 is 0 Å². The van der Waals surface area contributed by atoms with Crippen molar-refractivity contribution in [3.63, 3.8) is 0 Å². The SMILES string of the molecule is CC1CCCN(C(=O)c2ccc(N3CCOCC3)cn2)C1. The molecular formula is C16H23N3O2. The monoisotopic (exact) mass is 289 g/mol. The fourth-order valence-electron chi connectivity index (χ4n) is 3.06. The van der Waals surface area contributed by atoms with Crippen molar-refractivity contribution in [2.75, 3.05) is 44.3 Å². The lowest BCUT2D eigenvalue weighted by Gasteiger charge is -2.31. The molecule has 2 aliphatic rings. The topological polar surface area (TPSA) is 45.7 Å². The number of likely N-dealkylation sites (tertiary alicyclic amines) is 1. The molecule has 1 aromatic rings. The summed E-state index contributed by atoms with van der Waals surface area (Å²) in [6.45, 7) is 7.20. The van der Waals surface area contributed by atoms with E-state index in [9.17, 15) is 4.79 Å². The number of hydrogen-bond donors (Lipinski definition) is 0. The van der Waals surface area contributed by atoms with Gasteiger partial charge in [-0.3, -0.25) is 4.79 Å². The van der Waals surface area contributed by atoms with Gasteiger partial charge in [0.2, 0.25) is 0 Å². The maximum atomic E-state index is 12.5. The molecule has 1 amide bonds. The Morgan fingerprint density at radius 1 is 1.29 bits per heavy atom. The minimum absolute atomic E-state index is 0.0649. The third-order valence-corrected chi connectivity index (χ3v) is 4.29. The molecule has 0 aliphatic carbocycles. The summed E-state index contributed by atoms with van der Waals surface area (Å²) in [7, 11) is 0. The Hall–Kier alpha value is -1.62. The molecule has 1 aromatic heterocycles. The van der Waals surface area contributed by atoms with E-state index in [2.05, 4.69) is 16.8 Å². The molecule has 1 atom stereocenters. The Labute approximate surface area is 125 Å². The molecule has 0 aromatic carbocycles. The van der Waals surface area contributed by atoms with Crippen LogP contribution in [0.5, 0.6) is 0 Å². The Morgan fingerprint density at radius 3 is 2.76 bits per heavy atom. The van der Waals surface area contributed by atoms with Crippen LogP contribution in [-0.2, 0) is 4.74 Å². The number of piperidine rings is 1. The van der Waals surface area contributed by atoms with Crippen LogP contribution in [-0.4, -0.2) is 55.2 Å². The smallest absolute Gasteiger partial charge is 0.272 e. The fourth-order valence-corrected chi connectivity index (χ4v) is 3.06. The summed E-state index contributed by atoms with van der Waals surface area (Å²) >= 11 is 0. The highest BCUT2D eigenvalue weighted by Gasteiger charge is 2.23. The van der Waals surface area contributed by atoms with Gasteiger partial charge in [-0.1, -0.05) is 6.92 Å². The number of morpholine rings is 1. The first kappa shape index (κ1) is 14.3. The van der Waals surface area contributed by atoms with E-state index in [1.54, 1.807) is 0 Å². The van der Waals surface area contributed by atoms with Gasteiger partial charge in [0.05, 0.1) is 25.1 Å². The Balaban J connectivity index is 1.67. The first-order valence-electron chi connectivity index (χ1n) is 7.82. The summed E-state index contributed by atoms with van der Waals surface area (Å²) in [6, 6.07) is 3.85. The third-order valence-electron chi connectivity index (χ3n) is 4.29. The summed E-state index contributed by atoms with van der Waals surface area (Å²) in [6.07, 6.45) is 4.12. The zero-order valence-corrected chi connectivity index (χ0v) is 12.6. The van der Waals surface area contributed by atoms with Crippen LogP contribution < -0.4 is 4.90 Å². The standard InChI is InChI=1S/C16H23N3O2/c1-13-3-2-6-19(12-13)16(20)15-5-4-14(11-17-15)18-7-9-21-10-8-18/h4-5,11,13H,2-3,6-10,12H2,1H3. The van der Waals surface area contributed by atoms with Crippen LogP contribution in [0, 0.1) is 5.92 Å². The van der Waals surface area contributed by atoms with E-state index in [0.717, 1.165) is 51.5 Å². The van der Waals surface area contributed by atoms with Crippen molar-refractivity contribution in [1.29, 1.82) is 0 Å². The number of aromatic nitrogens is 1. The van der Waals surface area contributed by atoms with Crippen molar-refractivity contribution in [2.45, 2.75) is 19.8 Å². The maximum Gasteiger partial charge on any atom is 0.272 e. The van der Waals surface area contributed by atoms with Crippen LogP contribution in [0.2, 0.25) is 0 Å². The predicted molar refractivity (Wildman–Crippen MR) is 81.6 cm³/mol. The molecular weight excluding hydrogens is 266 g/mol. The Kier molecular flexibility index (Phi) is 4.39. The minimum atomic E-state index is 0.0649. The molecule has 3 rings (SSSR count). The second-order valence-electron chi connectivity index (χ2n) is 6.00. The molecule has 2 fully saturated rings. The maximum absolute atomic E-state index is 12.5. The first-order chi connectivity index (χ1) is 10.2. The lowest BCUT2D eigenvalue weighted by molar-refractivity contribution is 0.0677. The van der Waals surface area contributed by atoms with Crippen molar-refractivity contribution in [3.05, 3.63) is 24.0 Å². The molecule has 5 nitrogen and oxygen atoms in total. The molecule has 114 valence electrons. The highest BCUT2D eigenvalue weighted by Crippen LogP contribution is 2.19. The lowest BCUT2D eigenvalue weighted by Crippen LogP contribution is -2.39. The summed E-state index contributed by atoms with van der Waals surface area (Å²) in [5.74, 6) is 0.658. The summed E-state index contributed by atoms with van der Waals surface area (Å²) < 4.78 is 5.35. The van der Waals surface area contributed by atoms with Gasteiger partial charge < -0.3 is 14.5 Å². The number of nitrogens with zero attached hydrogens (tertiary/aromatic N) is 3. The van der Waals surface area contributed by atoms with Crippen LogP contribution in [0.4, 0.5) is 5.69 Å². The summed E-state index contributed by atoms with van der Waals surface area (Å²) in [4.78, 5) is 21.0. The van der Waals surface area contributed by atoms with Gasteiger partial charge in [0.1, 0.15) is 5.69 Å². The molecule has 1 unspecified atom stereocenters. The third kappa shape index (κ3) is 3.35. The van der Waals surface area contributed by atoms with E-state index in [4.69, 9.17) is 4.74 Å². The van der Waals surface area contributed by atoms with E-state index in [0.29, 0.717) is 11.6 Å². The molecule has 5 heteroatoms. The average molecular weight is 289 g/mol. The van der Waals surface area contributed by atoms with Gasteiger partial charge in [0, 0.05) is 26.2 Å². The molecule has 0 spiro atoms. The van der Waals surface area contributed by atoms with Crippen molar-refractivity contribution in [3.8, 4) is 0 Å². The molecule has 3 heterocycles. The van der Waals surface area contributed by atoms with Crippen molar-refractivity contribution in [1.82, 2.24) is 9.88 Å². The molecule has 0 N–H and O–H groups in total. The zero-order chi connectivity index (χ0) is 14.7. The Bertz CT molecular complexity index is 483. The molecule has 2 aliphatic heterocycles. The number of hydrogen-bond acceptors (Lipinski definition) is 4. The van der Waals surface area contributed by atoms with Gasteiger partial charge >= 0.3 is 0 Å². The summed E-state index contributed by atoms with van der Waals surface area (Å²) in [5, 5.41) is 0. The van der Waals surface area contributed by atoms with E-state index in [-0.39, 0.29) is 5.91 Å². The van der Waals surface area contributed by atoms with Gasteiger partial charge in [-0.25, -0.2) is 4.98 Å². The van der Waals surface area contributed by atoms with E-state index < -0.39 is 0 Å². The number of pyridine rings is 1. The van der Waals surface area contributed by atoms with Crippen LogP contribution >= 0.6 is 0 Å². The van der Waals surface area contributed by atoms with Crippen LogP contribution in [0.15, 0.2) is 18.3 Å². The largest absolute Gasteiger partial charge is 0.378 e. The number of anilines is 1. The van der Waals surface area contributed by atoms with Gasteiger partial charge in [-0.05, 0) is 30.9 Å². The number of ether oxygens (including phenoxy) is 1. The Morgan fingerprint density at radius 2 is 2.10 bits per heavy atom. The van der Waals surface area contributed by atoms with Crippen molar-refractivity contribution < 1.29 is 9.53 Å². The normalized spacial score (nSPS) is 23.2. The number of amides is 1. The number of rotatable bonds is 2. The van der Waals surface area contributed by atoms with Gasteiger partial charge in [-0.15, -0.1) is 0 Å². The first-order valence-corrected chi connectivity index (χ1v) is 7.82. The lowest BCUT2D eigenvalue weighted by atomic mass is 10.00. The number of carbonyl (C=O) groups excluding carboxylic acids is 1. The van der Waals surface area contributed by atoms with E-state index in [1.165, 1.54) is 6.42 Å². The second kappa shape index (κ2) is 6.43. The molecule has 0 bridgehead atoms. The quantitative estimate of drug-likeness (QED) is 0.833. The van der Waals surface area contributed by atoms with Crippen molar-refractivity contribution >= 4 is 11.6 Å². The number of carbonyl (C=O) groups is 1. The molecule has 21 heavy (non-hydrogen) atoms. The molecule has 2 saturated heterocycles. The molecule has 0 radical (unpaired) electrons. The molecule has 0 saturated carbocycles. The highest BCUT2D eigenvalue weighted by atomic mass is 16.5. The zero-order valence-electron chi connectivity index (χ0n) is 12.6. The van der Waals surface area contributed by atoms with Crippen LogP contribution in [0.1, 0.15) is 30.3 Å². The van der Waals surface area contributed by atoms with Gasteiger partial charge in [0.25, 0.3) is 5.91 Å². The highest BCUT2D eigenvalue weighted by molar-refractivity contribution is 5.92. The van der Waals surface area contributed by atoms with Gasteiger partial charge in [0.15, 0.2) is 0 Å². The predicted octanol–water partition coefficient (Wildman–Crippen LogP) is 1.79.